The summed E-state index contributed by atoms with van der Waals surface area (Å²) in [5.41, 5.74) is 0. The number of ether oxygens (including phenoxy) is 2. The predicted molar refractivity (Wildman–Crippen MR) is 51.6 cm³/mol. The number of carbonyl (C=O) groups is 1. The average molecular weight is 263 g/mol. The van der Waals surface area contributed by atoms with Crippen LogP contribution in [0.3, 0.4) is 0 Å². The molecule has 76 valence electrons. The zero-order valence-corrected chi connectivity index (χ0v) is 9.01. The van der Waals surface area contributed by atoms with E-state index in [-0.39, 0.29) is 12.4 Å². The number of rotatable bonds is 3. The molecular formula is C9H8BrFO3. The molecule has 0 aromatic heterocycles. The molecule has 0 spiro atoms. The lowest BCUT2D eigenvalue weighted by Gasteiger charge is -2.04. The van der Waals surface area contributed by atoms with Gasteiger partial charge in [-0.25, -0.2) is 9.18 Å². The Morgan fingerprint density at radius 3 is 2.79 bits per heavy atom. The van der Waals surface area contributed by atoms with Gasteiger partial charge in [0.1, 0.15) is 11.6 Å². The van der Waals surface area contributed by atoms with Crippen LogP contribution in [-0.4, -0.2) is 19.7 Å². The van der Waals surface area contributed by atoms with E-state index in [0.29, 0.717) is 4.47 Å². The van der Waals surface area contributed by atoms with Crippen LogP contribution in [0.15, 0.2) is 22.7 Å². The number of carbonyl (C=O) groups excluding carboxylic acids is 1. The Hall–Kier alpha value is -1.10. The van der Waals surface area contributed by atoms with Gasteiger partial charge >= 0.3 is 5.97 Å². The summed E-state index contributed by atoms with van der Waals surface area (Å²) in [4.78, 5) is 10.7. The second-order valence-electron chi connectivity index (χ2n) is 2.47. The van der Waals surface area contributed by atoms with Crippen LogP contribution in [-0.2, 0) is 9.53 Å². The highest BCUT2D eigenvalue weighted by molar-refractivity contribution is 9.10. The molecule has 0 amide bonds. The first kappa shape index (κ1) is 11.0. The first-order chi connectivity index (χ1) is 6.61. The molecule has 0 heterocycles. The van der Waals surface area contributed by atoms with Gasteiger partial charge in [0.15, 0.2) is 6.61 Å². The third-order valence-corrected chi connectivity index (χ3v) is 1.88. The Kier molecular flexibility index (Phi) is 3.88. The van der Waals surface area contributed by atoms with E-state index in [4.69, 9.17) is 4.74 Å². The van der Waals surface area contributed by atoms with Gasteiger partial charge in [0, 0.05) is 10.5 Å². The lowest BCUT2D eigenvalue weighted by molar-refractivity contribution is -0.142. The number of halogens is 2. The molecule has 5 heteroatoms. The van der Waals surface area contributed by atoms with Gasteiger partial charge in [0.2, 0.25) is 0 Å². The number of benzene rings is 1. The summed E-state index contributed by atoms with van der Waals surface area (Å²) in [6, 6.07) is 4.05. The fourth-order valence-corrected chi connectivity index (χ4v) is 1.26. The van der Waals surface area contributed by atoms with E-state index in [1.54, 1.807) is 6.07 Å². The molecule has 0 unspecified atom stereocenters. The Labute approximate surface area is 88.9 Å². The minimum absolute atomic E-state index is 0.230. The van der Waals surface area contributed by atoms with Crippen LogP contribution in [0.5, 0.6) is 5.75 Å². The van der Waals surface area contributed by atoms with Crippen LogP contribution in [0.25, 0.3) is 0 Å². The van der Waals surface area contributed by atoms with Crippen molar-refractivity contribution in [3.8, 4) is 5.75 Å². The summed E-state index contributed by atoms with van der Waals surface area (Å²) in [7, 11) is 1.26. The number of hydrogen-bond acceptors (Lipinski definition) is 3. The first-order valence-corrected chi connectivity index (χ1v) is 4.57. The highest BCUT2D eigenvalue weighted by Gasteiger charge is 2.03. The molecule has 0 saturated heterocycles. The maximum Gasteiger partial charge on any atom is 0.343 e. The number of esters is 1. The van der Waals surface area contributed by atoms with Crippen molar-refractivity contribution in [3.05, 3.63) is 28.5 Å². The maximum atomic E-state index is 12.8. The van der Waals surface area contributed by atoms with Gasteiger partial charge in [-0.3, -0.25) is 0 Å². The number of hydrogen-bond donors (Lipinski definition) is 0. The third-order valence-electron chi connectivity index (χ3n) is 1.42. The van der Waals surface area contributed by atoms with Crippen molar-refractivity contribution >= 4 is 21.9 Å². The summed E-state index contributed by atoms with van der Waals surface area (Å²) in [6.45, 7) is -0.230. The highest BCUT2D eigenvalue weighted by atomic mass is 79.9. The van der Waals surface area contributed by atoms with Crippen molar-refractivity contribution in [1.29, 1.82) is 0 Å². The van der Waals surface area contributed by atoms with Gasteiger partial charge in [-0.1, -0.05) is 15.9 Å². The van der Waals surface area contributed by atoms with Gasteiger partial charge in [0.05, 0.1) is 7.11 Å². The lowest BCUT2D eigenvalue weighted by atomic mass is 10.3. The van der Waals surface area contributed by atoms with Gasteiger partial charge < -0.3 is 9.47 Å². The summed E-state index contributed by atoms with van der Waals surface area (Å²) >= 11 is 3.10. The van der Waals surface area contributed by atoms with Gasteiger partial charge in [-0.2, -0.15) is 0 Å². The van der Waals surface area contributed by atoms with Crippen LogP contribution in [0.1, 0.15) is 0 Å². The van der Waals surface area contributed by atoms with E-state index in [1.807, 2.05) is 0 Å². The monoisotopic (exact) mass is 262 g/mol. The van der Waals surface area contributed by atoms with Crippen molar-refractivity contribution in [2.45, 2.75) is 0 Å². The normalized spacial score (nSPS) is 9.64. The zero-order chi connectivity index (χ0) is 10.6. The molecule has 0 aliphatic rings. The molecule has 0 atom stereocenters. The molecule has 0 aliphatic carbocycles. The quantitative estimate of drug-likeness (QED) is 0.784. The lowest BCUT2D eigenvalue weighted by Crippen LogP contribution is -2.12. The second-order valence-corrected chi connectivity index (χ2v) is 3.39. The summed E-state index contributed by atoms with van der Waals surface area (Å²) in [6.07, 6.45) is 0. The second kappa shape index (κ2) is 4.95. The van der Waals surface area contributed by atoms with E-state index < -0.39 is 11.8 Å². The van der Waals surface area contributed by atoms with Crippen LogP contribution >= 0.6 is 15.9 Å². The Morgan fingerprint density at radius 1 is 1.50 bits per heavy atom. The SMILES string of the molecule is COC(=O)COc1cc(F)cc(Br)c1. The highest BCUT2D eigenvalue weighted by Crippen LogP contribution is 2.20. The molecule has 0 N–H and O–H groups in total. The fraction of sp³-hybridized carbons (Fsp3) is 0.222. The van der Waals surface area contributed by atoms with Gasteiger partial charge in [0.25, 0.3) is 0 Å². The largest absolute Gasteiger partial charge is 0.482 e. The molecule has 3 nitrogen and oxygen atoms in total. The average Bonchev–Trinajstić information content (AvgIpc) is 2.12. The molecule has 0 fully saturated rings. The van der Waals surface area contributed by atoms with E-state index in [1.165, 1.54) is 19.2 Å². The first-order valence-electron chi connectivity index (χ1n) is 3.77. The van der Waals surface area contributed by atoms with E-state index in [0.717, 1.165) is 0 Å². The minimum atomic E-state index is -0.509. The summed E-state index contributed by atoms with van der Waals surface area (Å²) in [5, 5.41) is 0. The topological polar surface area (TPSA) is 35.5 Å². The van der Waals surface area contributed by atoms with E-state index in [9.17, 15) is 9.18 Å². The van der Waals surface area contributed by atoms with Crippen molar-refractivity contribution < 1.29 is 18.7 Å². The standard InChI is InChI=1S/C9H8BrFO3/c1-13-9(12)5-14-8-3-6(10)2-7(11)4-8/h2-4H,5H2,1H3. The number of methoxy groups -OCH3 is 1. The molecule has 0 bridgehead atoms. The zero-order valence-electron chi connectivity index (χ0n) is 7.42. The molecule has 0 saturated carbocycles. The van der Waals surface area contributed by atoms with Crippen LogP contribution in [0.4, 0.5) is 4.39 Å². The Bertz CT molecular complexity index is 321. The van der Waals surface area contributed by atoms with Crippen LogP contribution in [0, 0.1) is 5.82 Å². The Balaban J connectivity index is 2.63. The molecule has 1 aromatic rings. The van der Waals surface area contributed by atoms with Gasteiger partial charge in [-0.15, -0.1) is 0 Å². The smallest absolute Gasteiger partial charge is 0.343 e. The molecule has 1 rings (SSSR count). The molecular weight excluding hydrogens is 255 g/mol. The van der Waals surface area contributed by atoms with Crippen LogP contribution < -0.4 is 4.74 Å². The third kappa shape index (κ3) is 3.33. The van der Waals surface area contributed by atoms with Crippen LogP contribution in [0.2, 0.25) is 0 Å². The fourth-order valence-electron chi connectivity index (χ4n) is 0.813. The van der Waals surface area contributed by atoms with E-state index in [2.05, 4.69) is 20.7 Å². The predicted octanol–water partition coefficient (Wildman–Crippen LogP) is 2.14. The molecule has 1 aromatic carbocycles. The summed E-state index contributed by atoms with van der Waals surface area (Å²) < 4.78 is 22.7. The van der Waals surface area contributed by atoms with Crippen molar-refractivity contribution in [2.75, 3.05) is 13.7 Å². The molecule has 0 aliphatic heterocycles. The van der Waals surface area contributed by atoms with E-state index >= 15 is 0 Å². The van der Waals surface area contributed by atoms with Crippen molar-refractivity contribution in [1.82, 2.24) is 0 Å². The van der Waals surface area contributed by atoms with Crippen molar-refractivity contribution in [2.24, 2.45) is 0 Å². The maximum absolute atomic E-state index is 12.8. The van der Waals surface area contributed by atoms with Gasteiger partial charge in [-0.05, 0) is 12.1 Å². The Morgan fingerprint density at radius 2 is 2.21 bits per heavy atom. The summed E-state index contributed by atoms with van der Waals surface area (Å²) in [5.74, 6) is -0.660. The molecule has 0 radical (unpaired) electrons. The minimum Gasteiger partial charge on any atom is -0.482 e. The van der Waals surface area contributed by atoms with Crippen molar-refractivity contribution in [3.63, 3.8) is 0 Å². The molecule has 14 heavy (non-hydrogen) atoms.